The SMILES string of the molecule is CCOC(=O)n1c(Cn2cccc(NC=O)c2=O)nc2cc(F)c(F)cc21. The van der Waals surface area contributed by atoms with E-state index in [9.17, 15) is 23.2 Å². The number of nitrogens with one attached hydrogen (secondary N) is 1. The predicted octanol–water partition coefficient (Wildman–Crippen LogP) is 2.10. The van der Waals surface area contributed by atoms with Crippen molar-refractivity contribution in [2.45, 2.75) is 13.5 Å². The fourth-order valence-electron chi connectivity index (χ4n) is 2.61. The lowest BCUT2D eigenvalue weighted by molar-refractivity contribution is -0.105. The topological polar surface area (TPSA) is 95.2 Å². The number of ether oxygens (including phenoxy) is 1. The quantitative estimate of drug-likeness (QED) is 0.688. The molecule has 1 amide bonds. The molecule has 0 aliphatic rings. The number of rotatable bonds is 5. The highest BCUT2D eigenvalue weighted by atomic mass is 19.2. The summed E-state index contributed by atoms with van der Waals surface area (Å²) in [6.07, 6.45) is 0.950. The van der Waals surface area contributed by atoms with Crippen molar-refractivity contribution in [1.29, 1.82) is 0 Å². The second-order valence-electron chi connectivity index (χ2n) is 5.43. The minimum absolute atomic E-state index is 0.0116. The Balaban J connectivity index is 2.15. The number of anilines is 1. The summed E-state index contributed by atoms with van der Waals surface area (Å²) in [5.74, 6) is -2.22. The molecule has 0 spiro atoms. The second-order valence-corrected chi connectivity index (χ2v) is 5.43. The molecule has 2 aromatic heterocycles. The zero-order valence-corrected chi connectivity index (χ0v) is 14.1. The molecule has 0 aliphatic heterocycles. The summed E-state index contributed by atoms with van der Waals surface area (Å²) in [4.78, 5) is 39.4. The maximum Gasteiger partial charge on any atom is 0.420 e. The van der Waals surface area contributed by atoms with Gasteiger partial charge in [-0.3, -0.25) is 9.59 Å². The maximum atomic E-state index is 13.7. The Morgan fingerprint density at radius 2 is 2.07 bits per heavy atom. The fourth-order valence-corrected chi connectivity index (χ4v) is 2.61. The van der Waals surface area contributed by atoms with E-state index in [1.165, 1.54) is 22.9 Å². The van der Waals surface area contributed by atoms with Gasteiger partial charge in [0.05, 0.1) is 24.2 Å². The van der Waals surface area contributed by atoms with Crippen molar-refractivity contribution in [2.24, 2.45) is 0 Å². The molecule has 2 heterocycles. The summed E-state index contributed by atoms with van der Waals surface area (Å²) in [5.41, 5.74) is -0.461. The van der Waals surface area contributed by atoms with Crippen LogP contribution in [0.2, 0.25) is 0 Å². The van der Waals surface area contributed by atoms with Crippen molar-refractivity contribution < 1.29 is 23.1 Å². The number of pyridine rings is 1. The summed E-state index contributed by atoms with van der Waals surface area (Å²) in [7, 11) is 0. The van der Waals surface area contributed by atoms with E-state index in [-0.39, 0.29) is 35.7 Å². The first kappa shape index (κ1) is 18.2. The first-order valence-corrected chi connectivity index (χ1v) is 7.89. The van der Waals surface area contributed by atoms with E-state index in [1.807, 2.05) is 0 Å². The van der Waals surface area contributed by atoms with Gasteiger partial charge in [0.1, 0.15) is 11.5 Å². The molecular formula is C17H14F2N4O4. The summed E-state index contributed by atoms with van der Waals surface area (Å²) in [6.45, 7) is 1.46. The third-order valence-electron chi connectivity index (χ3n) is 3.76. The number of carbonyl (C=O) groups excluding carboxylic acids is 2. The van der Waals surface area contributed by atoms with Crippen LogP contribution in [-0.4, -0.2) is 33.2 Å². The van der Waals surface area contributed by atoms with Crippen LogP contribution in [0.25, 0.3) is 11.0 Å². The minimum Gasteiger partial charge on any atom is -0.449 e. The molecule has 140 valence electrons. The average Bonchev–Trinajstić information content (AvgIpc) is 2.96. The van der Waals surface area contributed by atoms with Crippen molar-refractivity contribution in [3.8, 4) is 0 Å². The molecule has 8 nitrogen and oxygen atoms in total. The summed E-state index contributed by atoms with van der Waals surface area (Å²) < 4.78 is 34.3. The highest BCUT2D eigenvalue weighted by Crippen LogP contribution is 2.21. The Hall–Kier alpha value is -3.56. The van der Waals surface area contributed by atoms with Crippen molar-refractivity contribution >= 4 is 29.2 Å². The lowest BCUT2D eigenvalue weighted by atomic mass is 10.3. The molecular weight excluding hydrogens is 362 g/mol. The Labute approximate surface area is 151 Å². The number of halogens is 2. The lowest BCUT2D eigenvalue weighted by Gasteiger charge is -2.10. The van der Waals surface area contributed by atoms with Crippen LogP contribution in [0, 0.1) is 11.6 Å². The molecule has 0 atom stereocenters. The van der Waals surface area contributed by atoms with Gasteiger partial charge in [-0.1, -0.05) is 0 Å². The maximum absolute atomic E-state index is 13.7. The van der Waals surface area contributed by atoms with Crippen molar-refractivity contribution in [3.63, 3.8) is 0 Å². The van der Waals surface area contributed by atoms with Crippen LogP contribution < -0.4 is 10.9 Å². The molecule has 0 radical (unpaired) electrons. The zero-order valence-electron chi connectivity index (χ0n) is 14.1. The highest BCUT2D eigenvalue weighted by Gasteiger charge is 2.20. The van der Waals surface area contributed by atoms with Crippen molar-refractivity contribution in [2.75, 3.05) is 11.9 Å². The van der Waals surface area contributed by atoms with E-state index in [1.54, 1.807) is 6.92 Å². The Morgan fingerprint density at radius 3 is 2.78 bits per heavy atom. The molecule has 10 heteroatoms. The molecule has 1 N–H and O–H groups in total. The molecule has 0 unspecified atom stereocenters. The fraction of sp³-hybridized carbons (Fsp3) is 0.176. The van der Waals surface area contributed by atoms with Gasteiger partial charge >= 0.3 is 6.09 Å². The Morgan fingerprint density at radius 1 is 1.33 bits per heavy atom. The molecule has 0 saturated heterocycles. The van der Waals surface area contributed by atoms with E-state index in [2.05, 4.69) is 10.3 Å². The largest absolute Gasteiger partial charge is 0.449 e. The van der Waals surface area contributed by atoms with Gasteiger partial charge in [-0.15, -0.1) is 0 Å². The number of benzene rings is 1. The molecule has 0 fully saturated rings. The minimum atomic E-state index is -1.14. The van der Waals surface area contributed by atoms with E-state index >= 15 is 0 Å². The van der Waals surface area contributed by atoms with Gasteiger partial charge in [0.25, 0.3) is 5.56 Å². The smallest absolute Gasteiger partial charge is 0.420 e. The summed E-state index contributed by atoms with van der Waals surface area (Å²) >= 11 is 0. The van der Waals surface area contributed by atoms with Crippen LogP contribution >= 0.6 is 0 Å². The molecule has 27 heavy (non-hydrogen) atoms. The number of fused-ring (bicyclic) bond motifs is 1. The van der Waals surface area contributed by atoms with Crippen LogP contribution in [0.4, 0.5) is 19.3 Å². The van der Waals surface area contributed by atoms with Gasteiger partial charge in [-0.2, -0.15) is 0 Å². The zero-order chi connectivity index (χ0) is 19.6. The Bertz CT molecular complexity index is 1090. The van der Waals surface area contributed by atoms with Crippen LogP contribution in [-0.2, 0) is 16.1 Å². The number of hydrogen-bond acceptors (Lipinski definition) is 5. The van der Waals surface area contributed by atoms with Gasteiger partial charge in [0, 0.05) is 18.3 Å². The van der Waals surface area contributed by atoms with Crippen LogP contribution in [0.5, 0.6) is 0 Å². The Kier molecular flexibility index (Phi) is 4.97. The number of carbonyl (C=O) groups is 2. The average molecular weight is 376 g/mol. The standard InChI is InChI=1S/C17H14F2N4O4/c1-2-27-17(26)23-14-7-11(19)10(18)6-13(14)21-15(23)8-22-5-3-4-12(16(22)25)20-9-24/h3-7,9H,2,8H2,1H3,(H,20,24). The van der Waals surface area contributed by atoms with E-state index in [0.717, 1.165) is 16.7 Å². The van der Waals surface area contributed by atoms with Gasteiger partial charge in [0.15, 0.2) is 11.6 Å². The van der Waals surface area contributed by atoms with E-state index < -0.39 is 23.3 Å². The monoisotopic (exact) mass is 376 g/mol. The van der Waals surface area contributed by atoms with Gasteiger partial charge in [-0.25, -0.2) is 23.1 Å². The second kappa shape index (κ2) is 7.36. The third kappa shape index (κ3) is 3.41. The first-order valence-electron chi connectivity index (χ1n) is 7.89. The van der Waals surface area contributed by atoms with Gasteiger partial charge in [0.2, 0.25) is 6.41 Å². The number of nitrogens with zero attached hydrogens (tertiary/aromatic N) is 3. The summed E-state index contributed by atoms with van der Waals surface area (Å²) in [6, 6.07) is 4.62. The van der Waals surface area contributed by atoms with Crippen molar-refractivity contribution in [3.05, 3.63) is 58.3 Å². The third-order valence-corrected chi connectivity index (χ3v) is 3.76. The molecule has 1 aromatic carbocycles. The van der Waals surface area contributed by atoms with Gasteiger partial charge < -0.3 is 14.6 Å². The number of hydrogen-bond donors (Lipinski definition) is 1. The molecule has 0 saturated carbocycles. The van der Waals surface area contributed by atoms with E-state index in [4.69, 9.17) is 4.74 Å². The molecule has 0 bridgehead atoms. The van der Waals surface area contributed by atoms with Crippen molar-refractivity contribution in [1.82, 2.24) is 14.1 Å². The van der Waals surface area contributed by atoms with Crippen LogP contribution in [0.3, 0.4) is 0 Å². The number of amides is 1. The number of aromatic nitrogens is 3. The highest BCUT2D eigenvalue weighted by molar-refractivity contribution is 5.87. The molecule has 3 aromatic rings. The number of imidazole rings is 1. The van der Waals surface area contributed by atoms with Gasteiger partial charge in [-0.05, 0) is 19.1 Å². The first-order chi connectivity index (χ1) is 13.0. The van der Waals surface area contributed by atoms with Crippen LogP contribution in [0.15, 0.2) is 35.3 Å². The summed E-state index contributed by atoms with van der Waals surface area (Å²) in [5, 5.41) is 2.27. The molecule has 3 rings (SSSR count). The van der Waals surface area contributed by atoms with E-state index in [0.29, 0.717) is 6.41 Å². The molecule has 0 aliphatic carbocycles. The lowest BCUT2D eigenvalue weighted by Crippen LogP contribution is -2.26. The predicted molar refractivity (Wildman–Crippen MR) is 91.6 cm³/mol. The van der Waals surface area contributed by atoms with Crippen LogP contribution in [0.1, 0.15) is 12.7 Å². The normalized spacial score (nSPS) is 10.8.